The number of aryl methyl sites for hydroxylation is 2. The summed E-state index contributed by atoms with van der Waals surface area (Å²) < 4.78 is 7.51. The number of fused-ring (bicyclic) bond motifs is 1. The number of anilines is 1. The first-order valence-electron chi connectivity index (χ1n) is 8.29. The van der Waals surface area contributed by atoms with E-state index in [2.05, 4.69) is 10.4 Å². The summed E-state index contributed by atoms with van der Waals surface area (Å²) >= 11 is 0. The number of benzene rings is 2. The second-order valence-corrected chi connectivity index (χ2v) is 6.33. The van der Waals surface area contributed by atoms with Crippen molar-refractivity contribution >= 4 is 11.7 Å². The van der Waals surface area contributed by atoms with Crippen molar-refractivity contribution < 1.29 is 9.53 Å². The lowest BCUT2D eigenvalue weighted by Gasteiger charge is -2.13. The summed E-state index contributed by atoms with van der Waals surface area (Å²) in [6.07, 6.45) is 0.0682. The van der Waals surface area contributed by atoms with Gasteiger partial charge in [0.05, 0.1) is 11.4 Å². The minimum Gasteiger partial charge on any atom is -0.480 e. The first-order chi connectivity index (χ1) is 12.1. The van der Waals surface area contributed by atoms with E-state index in [1.54, 1.807) is 4.68 Å². The molecule has 0 radical (unpaired) electrons. The lowest BCUT2D eigenvalue weighted by Crippen LogP contribution is -2.32. The molecule has 0 unspecified atom stereocenters. The quantitative estimate of drug-likeness (QED) is 0.799. The molecule has 1 aromatic heterocycles. The molecule has 1 aliphatic heterocycles. The Hall–Kier alpha value is -3.08. The van der Waals surface area contributed by atoms with Crippen molar-refractivity contribution in [2.75, 3.05) is 5.32 Å². The summed E-state index contributed by atoms with van der Waals surface area (Å²) in [7, 11) is 0. The molecule has 126 valence electrons. The highest BCUT2D eigenvalue weighted by atomic mass is 16.5. The maximum atomic E-state index is 12.7. The lowest BCUT2D eigenvalue weighted by atomic mass is 10.1. The topological polar surface area (TPSA) is 56.2 Å². The van der Waals surface area contributed by atoms with Crippen LogP contribution in [-0.4, -0.2) is 21.8 Å². The zero-order valence-electron chi connectivity index (χ0n) is 14.2. The molecule has 1 amide bonds. The van der Waals surface area contributed by atoms with Crippen molar-refractivity contribution in [2.45, 2.75) is 26.4 Å². The molecule has 0 saturated heterocycles. The summed E-state index contributed by atoms with van der Waals surface area (Å²) in [5.41, 5.74) is 3.98. The lowest BCUT2D eigenvalue weighted by molar-refractivity contribution is -0.122. The largest absolute Gasteiger partial charge is 0.480 e. The van der Waals surface area contributed by atoms with Gasteiger partial charge >= 0.3 is 0 Å². The number of nitrogens with zero attached hydrogens (tertiary/aromatic N) is 2. The Morgan fingerprint density at radius 3 is 2.68 bits per heavy atom. The molecule has 0 fully saturated rings. The third-order valence-corrected chi connectivity index (χ3v) is 4.30. The molecule has 25 heavy (non-hydrogen) atoms. The first-order valence-corrected chi connectivity index (χ1v) is 8.29. The van der Waals surface area contributed by atoms with Crippen molar-refractivity contribution in [1.29, 1.82) is 0 Å². The molecular formula is C20H19N3O2. The van der Waals surface area contributed by atoms with E-state index in [9.17, 15) is 4.79 Å². The first kappa shape index (κ1) is 15.4. The Labute approximate surface area is 146 Å². The number of carbonyl (C=O) groups excluding carboxylic acids is 1. The van der Waals surface area contributed by atoms with E-state index >= 15 is 0 Å². The summed E-state index contributed by atoms with van der Waals surface area (Å²) in [6.45, 7) is 3.94. The van der Waals surface area contributed by atoms with Gasteiger partial charge in [0.2, 0.25) is 0 Å². The molecule has 3 aromatic rings. The van der Waals surface area contributed by atoms with Crippen LogP contribution < -0.4 is 10.1 Å². The predicted octanol–water partition coefficient (Wildman–Crippen LogP) is 3.43. The highest BCUT2D eigenvalue weighted by Crippen LogP contribution is 2.29. The van der Waals surface area contributed by atoms with Crippen LogP contribution in [-0.2, 0) is 11.2 Å². The number of hydrogen-bond donors (Lipinski definition) is 1. The number of hydrogen-bond acceptors (Lipinski definition) is 3. The van der Waals surface area contributed by atoms with Gasteiger partial charge in [-0.25, -0.2) is 4.68 Å². The van der Waals surface area contributed by atoms with Crippen LogP contribution in [0.4, 0.5) is 5.82 Å². The number of carbonyl (C=O) groups is 1. The molecule has 0 saturated carbocycles. The van der Waals surface area contributed by atoms with Gasteiger partial charge in [0.1, 0.15) is 11.6 Å². The van der Waals surface area contributed by atoms with Crippen LogP contribution in [0.25, 0.3) is 5.69 Å². The van der Waals surface area contributed by atoms with Crippen LogP contribution in [0.2, 0.25) is 0 Å². The van der Waals surface area contributed by atoms with Crippen molar-refractivity contribution in [3.8, 4) is 11.4 Å². The summed E-state index contributed by atoms with van der Waals surface area (Å²) in [5.74, 6) is 1.27. The number of nitrogens with one attached hydrogen (secondary N) is 1. The maximum absolute atomic E-state index is 12.7. The van der Waals surface area contributed by atoms with Crippen LogP contribution in [0.5, 0.6) is 5.75 Å². The van der Waals surface area contributed by atoms with Crippen LogP contribution >= 0.6 is 0 Å². The van der Waals surface area contributed by atoms with E-state index in [0.717, 1.165) is 22.7 Å². The summed E-state index contributed by atoms with van der Waals surface area (Å²) in [5, 5.41) is 7.45. The fraction of sp³-hybridized carbons (Fsp3) is 0.200. The van der Waals surface area contributed by atoms with E-state index in [4.69, 9.17) is 4.74 Å². The fourth-order valence-electron chi connectivity index (χ4n) is 3.01. The molecule has 1 atom stereocenters. The van der Waals surface area contributed by atoms with E-state index < -0.39 is 6.10 Å². The predicted molar refractivity (Wildman–Crippen MR) is 96.2 cm³/mol. The minimum absolute atomic E-state index is 0.163. The van der Waals surface area contributed by atoms with Gasteiger partial charge in [0.15, 0.2) is 6.10 Å². The zero-order valence-corrected chi connectivity index (χ0v) is 14.2. The van der Waals surface area contributed by atoms with E-state index in [0.29, 0.717) is 12.2 Å². The molecule has 2 aromatic carbocycles. The third kappa shape index (κ3) is 3.01. The maximum Gasteiger partial charge on any atom is 0.266 e. The summed E-state index contributed by atoms with van der Waals surface area (Å²) in [4.78, 5) is 12.7. The number of rotatable bonds is 3. The SMILES string of the molecule is Cc1ccc(-n2nc(C)cc2NC(=O)[C@@H]2Cc3ccccc3O2)cc1. The molecule has 5 heteroatoms. The Morgan fingerprint density at radius 1 is 1.16 bits per heavy atom. The van der Waals surface area contributed by atoms with E-state index in [1.165, 1.54) is 5.56 Å². The fourth-order valence-corrected chi connectivity index (χ4v) is 3.01. The van der Waals surface area contributed by atoms with Gasteiger partial charge in [0, 0.05) is 12.5 Å². The van der Waals surface area contributed by atoms with Crippen LogP contribution in [0.1, 0.15) is 16.8 Å². The van der Waals surface area contributed by atoms with Gasteiger partial charge in [0.25, 0.3) is 5.91 Å². The van der Waals surface area contributed by atoms with Crippen LogP contribution in [0, 0.1) is 13.8 Å². The molecule has 1 N–H and O–H groups in total. The van der Waals surface area contributed by atoms with Crippen LogP contribution in [0.3, 0.4) is 0 Å². The van der Waals surface area contributed by atoms with Crippen molar-refractivity contribution in [1.82, 2.24) is 9.78 Å². The van der Waals surface area contributed by atoms with Crippen LogP contribution in [0.15, 0.2) is 54.6 Å². The van der Waals surface area contributed by atoms with Gasteiger partial charge in [-0.05, 0) is 37.6 Å². The molecule has 1 aliphatic rings. The number of ether oxygens (including phenoxy) is 1. The second-order valence-electron chi connectivity index (χ2n) is 6.33. The second kappa shape index (κ2) is 6.09. The molecule has 5 nitrogen and oxygen atoms in total. The molecule has 0 bridgehead atoms. The Morgan fingerprint density at radius 2 is 1.92 bits per heavy atom. The molecule has 0 aliphatic carbocycles. The smallest absolute Gasteiger partial charge is 0.266 e. The summed E-state index contributed by atoms with van der Waals surface area (Å²) in [6, 6.07) is 17.6. The normalized spacial score (nSPS) is 15.5. The number of amides is 1. The average molecular weight is 333 g/mol. The Balaban J connectivity index is 1.55. The van der Waals surface area contributed by atoms with Crippen molar-refractivity contribution in [2.24, 2.45) is 0 Å². The van der Waals surface area contributed by atoms with Gasteiger partial charge in [-0.1, -0.05) is 35.9 Å². The minimum atomic E-state index is -0.515. The molecule has 0 spiro atoms. The molecular weight excluding hydrogens is 314 g/mol. The average Bonchev–Trinajstić information content (AvgIpc) is 3.19. The Kier molecular flexibility index (Phi) is 3.76. The molecule has 2 heterocycles. The van der Waals surface area contributed by atoms with Gasteiger partial charge in [-0.3, -0.25) is 4.79 Å². The van der Waals surface area contributed by atoms with E-state index in [-0.39, 0.29) is 5.91 Å². The molecule has 4 rings (SSSR count). The highest BCUT2D eigenvalue weighted by molar-refractivity contribution is 5.94. The van der Waals surface area contributed by atoms with Crippen molar-refractivity contribution in [3.63, 3.8) is 0 Å². The standard InChI is InChI=1S/C20H19N3O2/c1-13-7-9-16(10-8-13)23-19(11-14(2)22-23)21-20(24)18-12-15-5-3-4-6-17(15)25-18/h3-11,18H,12H2,1-2H3,(H,21,24)/t18-/m0/s1. The number of aromatic nitrogens is 2. The van der Waals surface area contributed by atoms with Gasteiger partial charge in [-0.15, -0.1) is 0 Å². The van der Waals surface area contributed by atoms with E-state index in [1.807, 2.05) is 68.4 Å². The number of para-hydroxylation sites is 1. The third-order valence-electron chi connectivity index (χ3n) is 4.30. The monoisotopic (exact) mass is 333 g/mol. The Bertz CT molecular complexity index is 903. The van der Waals surface area contributed by atoms with Gasteiger partial charge < -0.3 is 10.1 Å². The van der Waals surface area contributed by atoms with Gasteiger partial charge in [-0.2, -0.15) is 5.10 Å². The highest BCUT2D eigenvalue weighted by Gasteiger charge is 2.29. The van der Waals surface area contributed by atoms with Crippen molar-refractivity contribution in [3.05, 3.63) is 71.4 Å². The zero-order chi connectivity index (χ0) is 17.4.